The first-order valence-corrected chi connectivity index (χ1v) is 11.0. The van der Waals surface area contributed by atoms with Crippen molar-refractivity contribution in [1.82, 2.24) is 0 Å². The van der Waals surface area contributed by atoms with E-state index in [1.165, 1.54) is 5.56 Å². The molecule has 0 fully saturated rings. The minimum Gasteiger partial charge on any atom is -0.490 e. The van der Waals surface area contributed by atoms with Crippen LogP contribution < -0.4 is 19.9 Å². The molecule has 0 radical (unpaired) electrons. The quantitative estimate of drug-likeness (QED) is 0.470. The van der Waals surface area contributed by atoms with Gasteiger partial charge in [0.2, 0.25) is 0 Å². The van der Waals surface area contributed by atoms with E-state index in [1.807, 2.05) is 37.3 Å². The van der Waals surface area contributed by atoms with Crippen molar-refractivity contribution >= 4 is 28.9 Å². The second kappa shape index (κ2) is 9.92. The molecule has 1 amide bonds. The zero-order valence-corrected chi connectivity index (χ0v) is 19.1. The monoisotopic (exact) mass is 440 g/mol. The van der Waals surface area contributed by atoms with Crippen molar-refractivity contribution in [1.29, 1.82) is 0 Å². The van der Waals surface area contributed by atoms with Gasteiger partial charge in [0.25, 0.3) is 5.91 Å². The van der Waals surface area contributed by atoms with Crippen LogP contribution in [0.4, 0.5) is 0 Å². The summed E-state index contributed by atoms with van der Waals surface area (Å²) in [4.78, 5) is 16.0. The van der Waals surface area contributed by atoms with Crippen LogP contribution in [0, 0.1) is 0 Å². The minimum atomic E-state index is -0.325. The number of aliphatic imine (C=N–C) groups is 1. The number of hydrogen-bond donors (Lipinski definition) is 1. The van der Waals surface area contributed by atoms with E-state index in [9.17, 15) is 4.79 Å². The number of amides is 1. The highest BCUT2D eigenvalue weighted by Crippen LogP contribution is 2.32. The Balaban J connectivity index is 1.58. The standard InChI is InChI=1S/C24H28N2O4S/c1-5-28-20-14-16(15-21-22(27)26-23(25)31-21)6-11-19(20)30-13-12-29-18-9-7-17(8-10-18)24(2,3)4/h6-11,14-15H,5,12-13H2,1-4H3,(H2,25,26,27)/b21-15-. The summed E-state index contributed by atoms with van der Waals surface area (Å²) in [6.07, 6.45) is 1.74. The topological polar surface area (TPSA) is 83.1 Å². The van der Waals surface area contributed by atoms with Crippen LogP contribution in [-0.4, -0.2) is 30.9 Å². The summed E-state index contributed by atoms with van der Waals surface area (Å²) in [7, 11) is 0. The van der Waals surface area contributed by atoms with Gasteiger partial charge in [-0.1, -0.05) is 39.0 Å². The Morgan fingerprint density at radius 3 is 2.32 bits per heavy atom. The first-order chi connectivity index (χ1) is 14.8. The molecule has 2 aromatic rings. The SMILES string of the molecule is CCOc1cc(/C=C2\SC(N)=NC2=O)ccc1OCCOc1ccc(C(C)(C)C)cc1. The summed E-state index contributed by atoms with van der Waals surface area (Å²) in [6.45, 7) is 9.74. The molecule has 0 bridgehead atoms. The first-order valence-electron chi connectivity index (χ1n) is 10.2. The molecule has 0 aromatic heterocycles. The van der Waals surface area contributed by atoms with E-state index in [2.05, 4.69) is 37.9 Å². The molecular formula is C24H28N2O4S. The van der Waals surface area contributed by atoms with Crippen LogP contribution in [0.1, 0.15) is 38.8 Å². The van der Waals surface area contributed by atoms with E-state index in [0.717, 1.165) is 23.1 Å². The van der Waals surface area contributed by atoms with Crippen LogP contribution in [0.3, 0.4) is 0 Å². The molecule has 2 N–H and O–H groups in total. The van der Waals surface area contributed by atoms with E-state index in [-0.39, 0.29) is 16.5 Å². The van der Waals surface area contributed by atoms with Crippen LogP contribution in [0.2, 0.25) is 0 Å². The second-order valence-electron chi connectivity index (χ2n) is 7.98. The third kappa shape index (κ3) is 6.28. The van der Waals surface area contributed by atoms with E-state index >= 15 is 0 Å². The van der Waals surface area contributed by atoms with Gasteiger partial charge in [0, 0.05) is 0 Å². The zero-order chi connectivity index (χ0) is 22.4. The number of carbonyl (C=O) groups is 1. The molecule has 0 spiro atoms. The van der Waals surface area contributed by atoms with Gasteiger partial charge in [0.05, 0.1) is 11.5 Å². The van der Waals surface area contributed by atoms with E-state index in [1.54, 1.807) is 6.08 Å². The summed E-state index contributed by atoms with van der Waals surface area (Å²) in [5, 5.41) is 0.259. The number of hydrogen-bond acceptors (Lipinski definition) is 6. The smallest absolute Gasteiger partial charge is 0.286 e. The fourth-order valence-electron chi connectivity index (χ4n) is 2.94. The maximum absolute atomic E-state index is 11.8. The Bertz CT molecular complexity index is 992. The predicted molar refractivity (Wildman–Crippen MR) is 126 cm³/mol. The molecule has 164 valence electrons. The number of carbonyl (C=O) groups excluding carboxylic acids is 1. The van der Waals surface area contributed by atoms with Gasteiger partial charge >= 0.3 is 0 Å². The Morgan fingerprint density at radius 1 is 1.00 bits per heavy atom. The number of rotatable bonds is 8. The lowest BCUT2D eigenvalue weighted by Gasteiger charge is -2.19. The van der Waals surface area contributed by atoms with Gasteiger partial charge in [-0.15, -0.1) is 0 Å². The molecule has 0 saturated carbocycles. The summed E-state index contributed by atoms with van der Waals surface area (Å²) in [5.41, 5.74) is 7.79. The molecule has 3 rings (SSSR count). The normalized spacial score (nSPS) is 15.2. The highest BCUT2D eigenvalue weighted by atomic mass is 32.2. The van der Waals surface area contributed by atoms with E-state index in [0.29, 0.717) is 36.2 Å². The molecule has 0 atom stereocenters. The lowest BCUT2D eigenvalue weighted by atomic mass is 9.87. The van der Waals surface area contributed by atoms with Crippen LogP contribution in [-0.2, 0) is 10.2 Å². The van der Waals surface area contributed by atoms with Gasteiger partial charge in [-0.25, -0.2) is 0 Å². The Hall–Kier alpha value is -2.93. The number of nitrogens with two attached hydrogens (primary N) is 1. The maximum atomic E-state index is 11.8. The Morgan fingerprint density at radius 2 is 1.71 bits per heavy atom. The lowest BCUT2D eigenvalue weighted by molar-refractivity contribution is -0.113. The van der Waals surface area contributed by atoms with Crippen molar-refractivity contribution in [3.63, 3.8) is 0 Å². The molecule has 1 aliphatic heterocycles. The van der Waals surface area contributed by atoms with Gasteiger partial charge in [0.1, 0.15) is 19.0 Å². The largest absolute Gasteiger partial charge is 0.490 e. The van der Waals surface area contributed by atoms with Crippen molar-refractivity contribution in [2.45, 2.75) is 33.1 Å². The molecule has 31 heavy (non-hydrogen) atoms. The summed E-state index contributed by atoms with van der Waals surface area (Å²) in [6, 6.07) is 13.6. The summed E-state index contributed by atoms with van der Waals surface area (Å²) in [5.74, 6) is 1.71. The van der Waals surface area contributed by atoms with Crippen molar-refractivity contribution in [2.75, 3.05) is 19.8 Å². The molecule has 0 aliphatic carbocycles. The van der Waals surface area contributed by atoms with Gasteiger partial charge in [-0.3, -0.25) is 4.79 Å². The maximum Gasteiger partial charge on any atom is 0.286 e. The number of thioether (sulfide) groups is 1. The molecular weight excluding hydrogens is 412 g/mol. The van der Waals surface area contributed by atoms with Crippen molar-refractivity contribution in [3.05, 3.63) is 58.5 Å². The molecule has 1 heterocycles. The third-order valence-corrected chi connectivity index (χ3v) is 5.35. The van der Waals surface area contributed by atoms with Gasteiger partial charge < -0.3 is 19.9 Å². The highest BCUT2D eigenvalue weighted by Gasteiger charge is 2.19. The summed E-state index contributed by atoms with van der Waals surface area (Å²) < 4.78 is 17.4. The van der Waals surface area contributed by atoms with E-state index in [4.69, 9.17) is 19.9 Å². The minimum absolute atomic E-state index is 0.114. The van der Waals surface area contributed by atoms with Crippen molar-refractivity contribution in [2.24, 2.45) is 10.7 Å². The first kappa shape index (κ1) is 22.7. The van der Waals surface area contributed by atoms with Gasteiger partial charge in [-0.05, 0) is 65.6 Å². The van der Waals surface area contributed by atoms with Crippen LogP contribution >= 0.6 is 11.8 Å². The molecule has 2 aromatic carbocycles. The number of ether oxygens (including phenoxy) is 3. The molecule has 0 saturated heterocycles. The van der Waals surface area contributed by atoms with Crippen LogP contribution in [0.25, 0.3) is 6.08 Å². The number of benzene rings is 2. The Kier molecular flexibility index (Phi) is 7.28. The zero-order valence-electron chi connectivity index (χ0n) is 18.3. The Labute approximate surface area is 187 Å². The average molecular weight is 441 g/mol. The molecule has 6 nitrogen and oxygen atoms in total. The van der Waals surface area contributed by atoms with Gasteiger partial charge in [0.15, 0.2) is 16.7 Å². The predicted octanol–water partition coefficient (Wildman–Crippen LogP) is 4.77. The fourth-order valence-corrected chi connectivity index (χ4v) is 3.62. The van der Waals surface area contributed by atoms with Crippen molar-refractivity contribution in [3.8, 4) is 17.2 Å². The molecule has 1 aliphatic rings. The average Bonchev–Trinajstić information content (AvgIpc) is 3.03. The summed E-state index contributed by atoms with van der Waals surface area (Å²) >= 11 is 1.16. The molecule has 7 heteroatoms. The lowest BCUT2D eigenvalue weighted by Crippen LogP contribution is -2.12. The third-order valence-electron chi connectivity index (χ3n) is 4.53. The highest BCUT2D eigenvalue weighted by molar-refractivity contribution is 8.18. The van der Waals surface area contributed by atoms with E-state index < -0.39 is 0 Å². The van der Waals surface area contributed by atoms with Crippen LogP contribution in [0.5, 0.6) is 17.2 Å². The number of nitrogens with zero attached hydrogens (tertiary/aromatic N) is 1. The fraction of sp³-hybridized carbons (Fsp3) is 0.333. The van der Waals surface area contributed by atoms with Crippen molar-refractivity contribution < 1.29 is 19.0 Å². The van der Waals surface area contributed by atoms with Gasteiger partial charge in [-0.2, -0.15) is 4.99 Å². The number of amidine groups is 1. The molecule has 0 unspecified atom stereocenters. The second-order valence-corrected chi connectivity index (χ2v) is 9.04. The van der Waals surface area contributed by atoms with Crippen LogP contribution in [0.15, 0.2) is 52.4 Å².